The largest absolute Gasteiger partial charge is 0.395 e. The van der Waals surface area contributed by atoms with E-state index in [9.17, 15) is 5.11 Å². The van der Waals surface area contributed by atoms with Crippen LogP contribution in [0.2, 0.25) is 0 Å². The monoisotopic (exact) mass is 228 g/mol. The smallest absolute Gasteiger partial charge is 0.0602 e. The fourth-order valence-electron chi connectivity index (χ4n) is 2.62. The summed E-state index contributed by atoms with van der Waals surface area (Å²) in [6, 6.07) is 0.237. The fourth-order valence-corrected chi connectivity index (χ4v) is 2.62. The van der Waals surface area contributed by atoms with Crippen molar-refractivity contribution in [2.24, 2.45) is 17.6 Å². The molecular weight excluding hydrogens is 200 g/mol. The van der Waals surface area contributed by atoms with E-state index in [0.717, 1.165) is 19.0 Å². The second kappa shape index (κ2) is 6.58. The van der Waals surface area contributed by atoms with Gasteiger partial charge in [-0.3, -0.25) is 4.90 Å². The van der Waals surface area contributed by atoms with Crippen molar-refractivity contribution in [3.8, 4) is 0 Å². The summed E-state index contributed by atoms with van der Waals surface area (Å²) in [5.74, 6) is 1.31. The summed E-state index contributed by atoms with van der Waals surface area (Å²) in [7, 11) is 0. The number of aliphatic hydroxyl groups is 1. The highest BCUT2D eigenvalue weighted by Gasteiger charge is 2.29. The van der Waals surface area contributed by atoms with E-state index in [-0.39, 0.29) is 18.7 Å². The lowest BCUT2D eigenvalue weighted by Crippen LogP contribution is -2.54. The lowest BCUT2D eigenvalue weighted by atomic mass is 9.90. The highest BCUT2D eigenvalue weighted by Crippen LogP contribution is 2.23. The Morgan fingerprint density at radius 1 is 1.31 bits per heavy atom. The Balaban J connectivity index is 2.49. The van der Waals surface area contributed by atoms with Crippen molar-refractivity contribution in [3.05, 3.63) is 0 Å². The minimum atomic E-state index is 0.0863. The number of aliphatic hydroxyl groups excluding tert-OH is 1. The maximum absolute atomic E-state index is 9.50. The van der Waals surface area contributed by atoms with Crippen molar-refractivity contribution in [1.29, 1.82) is 0 Å². The molecule has 0 aromatic rings. The number of nitrogens with two attached hydrogens (primary N) is 1. The number of hydrogen-bond acceptors (Lipinski definition) is 3. The van der Waals surface area contributed by atoms with Crippen molar-refractivity contribution >= 4 is 0 Å². The van der Waals surface area contributed by atoms with Gasteiger partial charge in [-0.25, -0.2) is 0 Å². The summed E-state index contributed by atoms with van der Waals surface area (Å²) >= 11 is 0. The van der Waals surface area contributed by atoms with E-state index in [1.807, 2.05) is 0 Å². The van der Waals surface area contributed by atoms with Gasteiger partial charge in [-0.1, -0.05) is 27.2 Å². The molecule has 0 aromatic carbocycles. The van der Waals surface area contributed by atoms with Crippen LogP contribution in [-0.2, 0) is 0 Å². The van der Waals surface area contributed by atoms with Crippen LogP contribution < -0.4 is 5.73 Å². The normalized spacial score (nSPS) is 23.6. The van der Waals surface area contributed by atoms with E-state index < -0.39 is 0 Å². The van der Waals surface area contributed by atoms with Crippen LogP contribution in [0.25, 0.3) is 0 Å². The van der Waals surface area contributed by atoms with Gasteiger partial charge in [-0.2, -0.15) is 0 Å². The van der Waals surface area contributed by atoms with Crippen LogP contribution in [0, 0.1) is 11.8 Å². The van der Waals surface area contributed by atoms with Crippen molar-refractivity contribution in [3.63, 3.8) is 0 Å². The van der Waals surface area contributed by atoms with Gasteiger partial charge >= 0.3 is 0 Å². The standard InChI is InChI=1S/C13H28N2O/c1-4-11-5-7-15(8-6-11)12(9-16)13(14)10(2)3/h10-13,16H,4-9,14H2,1-3H3. The lowest BCUT2D eigenvalue weighted by molar-refractivity contribution is 0.0615. The summed E-state index contributed by atoms with van der Waals surface area (Å²) in [6.45, 7) is 8.92. The number of likely N-dealkylation sites (tertiary alicyclic amines) is 1. The molecule has 0 spiro atoms. The Labute approximate surface area is 100 Å². The van der Waals surface area contributed by atoms with Gasteiger partial charge in [0.2, 0.25) is 0 Å². The lowest BCUT2D eigenvalue weighted by Gasteiger charge is -2.40. The highest BCUT2D eigenvalue weighted by atomic mass is 16.3. The van der Waals surface area contributed by atoms with Gasteiger partial charge in [-0.15, -0.1) is 0 Å². The molecule has 2 unspecified atom stereocenters. The Morgan fingerprint density at radius 3 is 2.25 bits per heavy atom. The first-order valence-corrected chi connectivity index (χ1v) is 6.70. The van der Waals surface area contributed by atoms with Gasteiger partial charge in [0.25, 0.3) is 0 Å². The molecule has 1 fully saturated rings. The van der Waals surface area contributed by atoms with Gasteiger partial charge < -0.3 is 10.8 Å². The van der Waals surface area contributed by atoms with Crippen LogP contribution in [0.3, 0.4) is 0 Å². The Hall–Kier alpha value is -0.120. The average Bonchev–Trinajstić information content (AvgIpc) is 2.30. The SMILES string of the molecule is CCC1CCN(C(CO)C(N)C(C)C)CC1. The second-order valence-electron chi connectivity index (χ2n) is 5.46. The van der Waals surface area contributed by atoms with Crippen LogP contribution in [0.15, 0.2) is 0 Å². The van der Waals surface area contributed by atoms with E-state index in [1.54, 1.807) is 0 Å². The third kappa shape index (κ3) is 3.44. The maximum Gasteiger partial charge on any atom is 0.0602 e. The van der Waals surface area contributed by atoms with Gasteiger partial charge in [0.15, 0.2) is 0 Å². The van der Waals surface area contributed by atoms with Gasteiger partial charge in [-0.05, 0) is 37.8 Å². The van der Waals surface area contributed by atoms with Crippen molar-refractivity contribution in [1.82, 2.24) is 4.90 Å². The predicted octanol–water partition coefficient (Wildman–Crippen LogP) is 1.45. The Kier molecular flexibility index (Phi) is 5.73. The summed E-state index contributed by atoms with van der Waals surface area (Å²) < 4.78 is 0. The molecule has 0 aliphatic carbocycles. The fraction of sp³-hybridized carbons (Fsp3) is 1.00. The zero-order valence-electron chi connectivity index (χ0n) is 11.0. The molecule has 2 atom stereocenters. The molecular formula is C13H28N2O. The molecule has 3 nitrogen and oxygen atoms in total. The van der Waals surface area contributed by atoms with Gasteiger partial charge in [0, 0.05) is 12.1 Å². The summed E-state index contributed by atoms with van der Waals surface area (Å²) in [4.78, 5) is 2.39. The van der Waals surface area contributed by atoms with E-state index in [0.29, 0.717) is 5.92 Å². The molecule has 3 N–H and O–H groups in total. The molecule has 1 heterocycles. The zero-order valence-corrected chi connectivity index (χ0v) is 11.0. The van der Waals surface area contributed by atoms with E-state index in [1.165, 1.54) is 19.3 Å². The maximum atomic E-state index is 9.50. The average molecular weight is 228 g/mol. The highest BCUT2D eigenvalue weighted by molar-refractivity contribution is 4.86. The first kappa shape index (κ1) is 13.9. The van der Waals surface area contributed by atoms with E-state index in [4.69, 9.17) is 5.73 Å². The van der Waals surface area contributed by atoms with Crippen LogP contribution in [0.1, 0.15) is 40.0 Å². The molecule has 0 aromatic heterocycles. The van der Waals surface area contributed by atoms with Crippen LogP contribution in [0.5, 0.6) is 0 Å². The van der Waals surface area contributed by atoms with Gasteiger partial charge in [0.05, 0.1) is 6.61 Å². The molecule has 3 heteroatoms. The minimum Gasteiger partial charge on any atom is -0.395 e. The van der Waals surface area contributed by atoms with Crippen LogP contribution >= 0.6 is 0 Å². The molecule has 0 amide bonds. The summed E-state index contributed by atoms with van der Waals surface area (Å²) in [5.41, 5.74) is 6.17. The quantitative estimate of drug-likeness (QED) is 0.749. The predicted molar refractivity (Wildman–Crippen MR) is 68.3 cm³/mol. The van der Waals surface area contributed by atoms with Crippen molar-refractivity contribution in [2.75, 3.05) is 19.7 Å². The number of nitrogens with zero attached hydrogens (tertiary/aromatic N) is 1. The Morgan fingerprint density at radius 2 is 1.88 bits per heavy atom. The van der Waals surface area contributed by atoms with E-state index >= 15 is 0 Å². The Bertz CT molecular complexity index is 188. The number of piperidine rings is 1. The zero-order chi connectivity index (χ0) is 12.1. The van der Waals surface area contributed by atoms with Crippen LogP contribution in [-0.4, -0.2) is 41.8 Å². The first-order valence-electron chi connectivity index (χ1n) is 6.70. The van der Waals surface area contributed by atoms with Crippen molar-refractivity contribution in [2.45, 2.75) is 52.1 Å². The van der Waals surface area contributed by atoms with Crippen molar-refractivity contribution < 1.29 is 5.11 Å². The molecule has 16 heavy (non-hydrogen) atoms. The molecule has 1 saturated heterocycles. The molecule has 1 aliphatic heterocycles. The number of rotatable bonds is 5. The topological polar surface area (TPSA) is 49.5 Å². The molecule has 96 valence electrons. The number of hydrogen-bond donors (Lipinski definition) is 2. The molecule has 0 saturated carbocycles. The summed E-state index contributed by atoms with van der Waals surface area (Å²) in [6.07, 6.45) is 3.81. The minimum absolute atomic E-state index is 0.0863. The molecule has 0 radical (unpaired) electrons. The first-order chi connectivity index (χ1) is 7.60. The summed E-state index contributed by atoms with van der Waals surface area (Å²) in [5, 5.41) is 9.50. The molecule has 0 bridgehead atoms. The second-order valence-corrected chi connectivity index (χ2v) is 5.46. The molecule has 1 rings (SSSR count). The van der Waals surface area contributed by atoms with Crippen LogP contribution in [0.4, 0.5) is 0 Å². The van der Waals surface area contributed by atoms with Gasteiger partial charge in [0.1, 0.15) is 0 Å². The third-order valence-electron chi connectivity index (χ3n) is 4.10. The third-order valence-corrected chi connectivity index (χ3v) is 4.10. The molecule has 1 aliphatic rings. The van der Waals surface area contributed by atoms with E-state index in [2.05, 4.69) is 25.7 Å².